The van der Waals surface area contributed by atoms with Crippen LogP contribution in [-0.4, -0.2) is 69.2 Å². The van der Waals surface area contributed by atoms with E-state index in [2.05, 4.69) is 0 Å². The average Bonchev–Trinajstić information content (AvgIpc) is 2.94. The van der Waals surface area contributed by atoms with Gasteiger partial charge in [-0.05, 0) is 30.5 Å². The molecule has 0 spiro atoms. The Bertz CT molecular complexity index is 665. The van der Waals surface area contributed by atoms with E-state index in [0.29, 0.717) is 24.6 Å². The number of quaternary nitrogens is 1. The lowest BCUT2D eigenvalue weighted by molar-refractivity contribution is -0.925. The van der Waals surface area contributed by atoms with Crippen LogP contribution in [0.15, 0.2) is 29.2 Å². The average molecular weight is 356 g/mol. The highest BCUT2D eigenvalue weighted by molar-refractivity contribution is 7.98. The van der Waals surface area contributed by atoms with Gasteiger partial charge in [0.1, 0.15) is 11.8 Å². The first-order valence-corrected chi connectivity index (χ1v) is 11.0. The Kier molecular flexibility index (Phi) is 4.98. The molecule has 2 heterocycles. The molecule has 1 atom stereocenters. The van der Waals surface area contributed by atoms with Crippen LogP contribution in [0.4, 0.5) is 0 Å². The van der Waals surface area contributed by atoms with E-state index in [-0.39, 0.29) is 11.9 Å². The third kappa shape index (κ3) is 3.89. The maximum absolute atomic E-state index is 12.5. The highest BCUT2D eigenvalue weighted by Crippen LogP contribution is 2.16. The zero-order chi connectivity index (χ0) is 16.4. The fraction of sp³-hybridized carbons (Fsp3) is 0.562. The van der Waals surface area contributed by atoms with E-state index in [0.717, 1.165) is 30.0 Å². The van der Waals surface area contributed by atoms with Gasteiger partial charge in [-0.15, -0.1) is 11.8 Å². The first-order valence-electron chi connectivity index (χ1n) is 7.97. The van der Waals surface area contributed by atoms with Crippen molar-refractivity contribution in [3.05, 3.63) is 29.8 Å². The molecule has 1 aromatic carbocycles. The topological polar surface area (TPSA) is 58.9 Å². The number of carbonyl (C=O) groups is 1. The summed E-state index contributed by atoms with van der Waals surface area (Å²) in [7, 11) is -2.83. The predicted octanol–water partition coefficient (Wildman–Crippen LogP) is -0.0637. The molecule has 1 N–H and O–H groups in total. The van der Waals surface area contributed by atoms with Gasteiger partial charge in [0.25, 0.3) is 5.91 Å². The number of hydrogen-bond acceptors (Lipinski definition) is 4. The fourth-order valence-corrected chi connectivity index (χ4v) is 5.67. The number of hydrogen-bond donors (Lipinski definition) is 1. The lowest BCUT2D eigenvalue weighted by Crippen LogP contribution is -3.18. The van der Waals surface area contributed by atoms with Crippen LogP contribution in [0.25, 0.3) is 0 Å². The van der Waals surface area contributed by atoms with Gasteiger partial charge in [-0.3, -0.25) is 4.79 Å². The Morgan fingerprint density at radius 2 is 1.87 bits per heavy atom. The molecule has 7 heteroatoms. The maximum atomic E-state index is 12.5. The van der Waals surface area contributed by atoms with Crippen molar-refractivity contribution >= 4 is 27.5 Å². The van der Waals surface area contributed by atoms with Gasteiger partial charge in [-0.2, -0.15) is 0 Å². The van der Waals surface area contributed by atoms with Crippen LogP contribution >= 0.6 is 11.8 Å². The smallest absolute Gasteiger partial charge is 0.254 e. The highest BCUT2D eigenvalue weighted by atomic mass is 32.2. The van der Waals surface area contributed by atoms with Gasteiger partial charge in [-0.25, -0.2) is 8.42 Å². The molecule has 1 aromatic rings. The van der Waals surface area contributed by atoms with Gasteiger partial charge in [0.15, 0.2) is 9.84 Å². The van der Waals surface area contributed by atoms with Crippen molar-refractivity contribution in [1.82, 2.24) is 4.90 Å². The number of nitrogens with zero attached hydrogens (tertiary/aromatic N) is 1. The molecule has 0 bridgehead atoms. The van der Waals surface area contributed by atoms with Crippen molar-refractivity contribution in [2.45, 2.75) is 17.4 Å². The summed E-state index contributed by atoms with van der Waals surface area (Å²) in [5.74, 6) is 0.716. The molecular weight excluding hydrogens is 332 g/mol. The van der Waals surface area contributed by atoms with Gasteiger partial charge < -0.3 is 9.80 Å². The third-order valence-corrected chi connectivity index (χ3v) is 7.35. The molecule has 0 aromatic heterocycles. The highest BCUT2D eigenvalue weighted by Gasteiger charge is 2.37. The SMILES string of the molecule is CSc1ccc(C(=O)N2CC[NH+]([C@H]3CCS(=O)(=O)C3)CC2)cc1. The minimum absolute atomic E-state index is 0.0794. The van der Waals surface area contributed by atoms with Gasteiger partial charge in [0.2, 0.25) is 0 Å². The van der Waals surface area contributed by atoms with Crippen LogP contribution in [0, 0.1) is 0 Å². The molecule has 5 nitrogen and oxygen atoms in total. The molecule has 3 rings (SSSR count). The van der Waals surface area contributed by atoms with E-state index in [1.165, 1.54) is 4.90 Å². The van der Waals surface area contributed by atoms with E-state index in [9.17, 15) is 13.2 Å². The summed E-state index contributed by atoms with van der Waals surface area (Å²) in [6.07, 6.45) is 2.78. The number of carbonyl (C=O) groups excluding carboxylic acids is 1. The van der Waals surface area contributed by atoms with Crippen molar-refractivity contribution in [3.8, 4) is 0 Å². The van der Waals surface area contributed by atoms with Crippen molar-refractivity contribution < 1.29 is 18.1 Å². The number of sulfone groups is 1. The Morgan fingerprint density at radius 3 is 2.39 bits per heavy atom. The molecule has 2 fully saturated rings. The molecule has 2 saturated heterocycles. The summed E-state index contributed by atoms with van der Waals surface area (Å²) in [6.45, 7) is 3.09. The molecule has 0 aliphatic carbocycles. The Labute approximate surface area is 141 Å². The van der Waals surface area contributed by atoms with E-state index >= 15 is 0 Å². The number of benzene rings is 1. The lowest BCUT2D eigenvalue weighted by atomic mass is 10.1. The number of nitrogens with one attached hydrogen (secondary N) is 1. The lowest BCUT2D eigenvalue weighted by Gasteiger charge is -2.35. The predicted molar refractivity (Wildman–Crippen MR) is 91.9 cm³/mol. The minimum Gasteiger partial charge on any atom is -0.329 e. The first-order chi connectivity index (χ1) is 11.0. The van der Waals surface area contributed by atoms with Crippen LogP contribution in [-0.2, 0) is 9.84 Å². The Morgan fingerprint density at radius 1 is 1.22 bits per heavy atom. The molecule has 0 saturated carbocycles. The van der Waals surface area contributed by atoms with Gasteiger partial charge in [0.05, 0.1) is 31.9 Å². The van der Waals surface area contributed by atoms with Crippen molar-refractivity contribution in [2.75, 3.05) is 43.9 Å². The third-order valence-electron chi connectivity index (χ3n) is 4.84. The first kappa shape index (κ1) is 16.8. The molecule has 2 aliphatic rings. The van der Waals surface area contributed by atoms with Gasteiger partial charge in [-0.1, -0.05) is 0 Å². The second-order valence-corrected chi connectivity index (χ2v) is 9.39. The summed E-state index contributed by atoms with van der Waals surface area (Å²) in [4.78, 5) is 16.9. The monoisotopic (exact) mass is 355 g/mol. The number of rotatable bonds is 3. The number of thioether (sulfide) groups is 1. The maximum Gasteiger partial charge on any atom is 0.254 e. The van der Waals surface area contributed by atoms with Crippen molar-refractivity contribution in [3.63, 3.8) is 0 Å². The molecule has 1 amide bonds. The minimum atomic E-state index is -2.83. The van der Waals surface area contributed by atoms with Crippen molar-refractivity contribution in [2.24, 2.45) is 0 Å². The van der Waals surface area contributed by atoms with Gasteiger partial charge in [0, 0.05) is 16.9 Å². The Balaban J connectivity index is 1.57. The second-order valence-electron chi connectivity index (χ2n) is 6.28. The van der Waals surface area contributed by atoms with E-state index in [4.69, 9.17) is 0 Å². The fourth-order valence-electron chi connectivity index (χ4n) is 3.44. The summed E-state index contributed by atoms with van der Waals surface area (Å²) in [5.41, 5.74) is 0.731. The molecular formula is C16H23N2O3S2+. The van der Waals surface area contributed by atoms with Crippen LogP contribution in [0.1, 0.15) is 16.8 Å². The number of piperazine rings is 1. The standard InChI is InChI=1S/C16H22N2O3S2/c1-22-15-4-2-13(3-5-15)16(19)18-9-7-17(8-10-18)14-6-11-23(20,21)12-14/h2-5,14H,6-12H2,1H3/p+1/t14-/m0/s1. The van der Waals surface area contributed by atoms with E-state index in [1.807, 2.05) is 35.4 Å². The molecule has 126 valence electrons. The van der Waals surface area contributed by atoms with Crippen LogP contribution in [0.2, 0.25) is 0 Å². The Hall–Kier alpha value is -1.05. The van der Waals surface area contributed by atoms with Crippen LogP contribution < -0.4 is 4.90 Å². The molecule has 23 heavy (non-hydrogen) atoms. The summed E-state index contributed by atoms with van der Waals surface area (Å²) < 4.78 is 23.2. The quantitative estimate of drug-likeness (QED) is 0.772. The van der Waals surface area contributed by atoms with Crippen LogP contribution in [0.3, 0.4) is 0 Å². The van der Waals surface area contributed by atoms with E-state index < -0.39 is 9.84 Å². The number of amides is 1. The molecule has 0 unspecified atom stereocenters. The summed E-state index contributed by atoms with van der Waals surface area (Å²) >= 11 is 1.66. The van der Waals surface area contributed by atoms with E-state index in [1.54, 1.807) is 11.8 Å². The van der Waals surface area contributed by atoms with Crippen molar-refractivity contribution in [1.29, 1.82) is 0 Å². The normalized spacial score (nSPS) is 24.7. The summed E-state index contributed by atoms with van der Waals surface area (Å²) in [6, 6.07) is 7.94. The van der Waals surface area contributed by atoms with Crippen LogP contribution in [0.5, 0.6) is 0 Å². The molecule has 2 aliphatic heterocycles. The summed E-state index contributed by atoms with van der Waals surface area (Å²) in [5, 5.41) is 0. The van der Waals surface area contributed by atoms with Gasteiger partial charge >= 0.3 is 0 Å². The zero-order valence-corrected chi connectivity index (χ0v) is 15.0. The largest absolute Gasteiger partial charge is 0.329 e. The second kappa shape index (κ2) is 6.83. The molecule has 0 radical (unpaired) electrons. The zero-order valence-electron chi connectivity index (χ0n) is 13.3.